The monoisotopic (exact) mass is 367 g/mol. The predicted molar refractivity (Wildman–Crippen MR) is 103 cm³/mol. The van der Waals surface area contributed by atoms with E-state index in [1.54, 1.807) is 34.2 Å². The Morgan fingerprint density at radius 2 is 2.12 bits per heavy atom. The van der Waals surface area contributed by atoms with E-state index in [4.69, 9.17) is 4.98 Å². The summed E-state index contributed by atoms with van der Waals surface area (Å²) in [4.78, 5) is 20.4. The minimum atomic E-state index is -0.155. The van der Waals surface area contributed by atoms with Gasteiger partial charge in [0.25, 0.3) is 0 Å². The van der Waals surface area contributed by atoms with Gasteiger partial charge in [-0.25, -0.2) is 14.5 Å². The average molecular weight is 367 g/mol. The van der Waals surface area contributed by atoms with Gasteiger partial charge in [-0.15, -0.1) is 11.3 Å². The number of carbonyl (C=O) groups excluding carboxylic acids is 1. The fourth-order valence-electron chi connectivity index (χ4n) is 3.15. The largest absolute Gasteiger partial charge is 0.322 e. The minimum Gasteiger partial charge on any atom is -0.321 e. The number of aryl methyl sites for hydroxylation is 2. The van der Waals surface area contributed by atoms with E-state index in [1.807, 2.05) is 36.5 Å². The van der Waals surface area contributed by atoms with Crippen molar-refractivity contribution in [1.82, 2.24) is 19.7 Å². The zero-order valence-electron chi connectivity index (χ0n) is 14.7. The van der Waals surface area contributed by atoms with Crippen LogP contribution in [0.1, 0.15) is 28.4 Å². The summed E-state index contributed by atoms with van der Waals surface area (Å²) < 4.78 is 1.74. The molecule has 1 aromatic carbocycles. The van der Waals surface area contributed by atoms with Gasteiger partial charge in [-0.05, 0) is 43.9 Å². The Morgan fingerprint density at radius 1 is 1.27 bits per heavy atom. The maximum absolute atomic E-state index is 12.6. The zero-order chi connectivity index (χ0) is 17.9. The van der Waals surface area contributed by atoms with Gasteiger partial charge in [0.05, 0.1) is 23.6 Å². The summed E-state index contributed by atoms with van der Waals surface area (Å²) >= 11 is 1.74. The lowest BCUT2D eigenvalue weighted by atomic mass is 10.0. The van der Waals surface area contributed by atoms with Crippen molar-refractivity contribution in [3.05, 3.63) is 58.3 Å². The van der Waals surface area contributed by atoms with Crippen LogP contribution in [0.2, 0.25) is 0 Å². The molecule has 1 aliphatic rings. The number of fused-ring (bicyclic) bond motifs is 1. The fourth-order valence-corrected chi connectivity index (χ4v) is 4.36. The maximum Gasteiger partial charge on any atom is 0.322 e. The first-order valence-corrected chi connectivity index (χ1v) is 9.61. The van der Waals surface area contributed by atoms with Gasteiger partial charge in [0, 0.05) is 24.3 Å². The van der Waals surface area contributed by atoms with Gasteiger partial charge >= 0.3 is 6.03 Å². The zero-order valence-corrected chi connectivity index (χ0v) is 15.5. The second kappa shape index (κ2) is 7.29. The first-order chi connectivity index (χ1) is 12.7. The van der Waals surface area contributed by atoms with E-state index in [0.717, 1.165) is 29.2 Å². The van der Waals surface area contributed by atoms with Crippen LogP contribution in [0, 0.1) is 0 Å². The molecule has 0 radical (unpaired) electrons. The first kappa shape index (κ1) is 16.8. The molecule has 2 amide bonds. The minimum absolute atomic E-state index is 0.155. The molecule has 0 fully saturated rings. The van der Waals surface area contributed by atoms with E-state index in [-0.39, 0.29) is 6.03 Å². The number of urea groups is 1. The number of thiazole rings is 1. The van der Waals surface area contributed by atoms with E-state index < -0.39 is 0 Å². The highest BCUT2D eigenvalue weighted by Gasteiger charge is 2.18. The number of nitrogens with zero attached hydrogens (tertiary/aromatic N) is 4. The second-order valence-electron chi connectivity index (χ2n) is 6.44. The lowest BCUT2D eigenvalue weighted by Gasteiger charge is -2.18. The van der Waals surface area contributed by atoms with Crippen molar-refractivity contribution in [3.63, 3.8) is 0 Å². The van der Waals surface area contributed by atoms with Crippen LogP contribution < -0.4 is 5.32 Å². The number of carbonyl (C=O) groups is 1. The van der Waals surface area contributed by atoms with Gasteiger partial charge in [-0.2, -0.15) is 5.10 Å². The van der Waals surface area contributed by atoms with Crippen molar-refractivity contribution in [2.24, 2.45) is 0 Å². The average Bonchev–Trinajstić information content (AvgIpc) is 3.31. The Labute approximate surface area is 156 Å². The molecule has 6 nitrogen and oxygen atoms in total. The summed E-state index contributed by atoms with van der Waals surface area (Å²) in [5.41, 5.74) is 2.80. The van der Waals surface area contributed by atoms with E-state index in [0.29, 0.717) is 6.54 Å². The molecule has 0 saturated carbocycles. The molecular formula is C19H21N5OS. The number of rotatable bonds is 4. The number of hydrogen-bond donors (Lipinski definition) is 1. The molecule has 2 heterocycles. The van der Waals surface area contributed by atoms with Crippen LogP contribution in [0.15, 0.2) is 42.7 Å². The molecule has 0 saturated heterocycles. The van der Waals surface area contributed by atoms with Crippen LogP contribution in [0.25, 0.3) is 5.69 Å². The summed E-state index contributed by atoms with van der Waals surface area (Å²) in [5.74, 6) is 0. The molecule has 0 aliphatic heterocycles. The Balaban J connectivity index is 1.46. The van der Waals surface area contributed by atoms with Crippen LogP contribution in [-0.2, 0) is 19.4 Å². The normalized spacial score (nSPS) is 13.3. The third-order valence-electron chi connectivity index (χ3n) is 4.51. The number of anilines is 1. The quantitative estimate of drug-likeness (QED) is 0.761. The lowest BCUT2D eigenvalue weighted by Crippen LogP contribution is -2.31. The molecule has 7 heteroatoms. The number of aromatic nitrogens is 3. The van der Waals surface area contributed by atoms with Gasteiger partial charge in [0.2, 0.25) is 0 Å². The number of nitrogens with one attached hydrogen (secondary N) is 1. The highest BCUT2D eigenvalue weighted by atomic mass is 32.1. The van der Waals surface area contributed by atoms with Gasteiger partial charge in [0.1, 0.15) is 5.01 Å². The summed E-state index contributed by atoms with van der Waals surface area (Å²) in [6.07, 6.45) is 8.23. The first-order valence-electron chi connectivity index (χ1n) is 8.79. The Hall–Kier alpha value is -2.67. The highest BCUT2D eigenvalue weighted by Crippen LogP contribution is 2.27. The molecule has 1 aliphatic carbocycles. The van der Waals surface area contributed by atoms with Crippen molar-refractivity contribution >= 4 is 23.1 Å². The van der Waals surface area contributed by atoms with Crippen LogP contribution in [0.4, 0.5) is 10.5 Å². The maximum atomic E-state index is 12.6. The van der Waals surface area contributed by atoms with E-state index >= 15 is 0 Å². The van der Waals surface area contributed by atoms with E-state index in [1.165, 1.54) is 23.4 Å². The predicted octanol–water partition coefficient (Wildman–Crippen LogP) is 3.87. The molecule has 0 spiro atoms. The highest BCUT2D eigenvalue weighted by molar-refractivity contribution is 7.11. The van der Waals surface area contributed by atoms with Crippen molar-refractivity contribution in [1.29, 1.82) is 0 Å². The molecule has 1 N–H and O–H groups in total. The molecule has 26 heavy (non-hydrogen) atoms. The van der Waals surface area contributed by atoms with Gasteiger partial charge in [-0.1, -0.05) is 12.1 Å². The van der Waals surface area contributed by atoms with Crippen molar-refractivity contribution in [2.75, 3.05) is 12.4 Å². The summed E-state index contributed by atoms with van der Waals surface area (Å²) in [6, 6.07) is 9.34. The lowest BCUT2D eigenvalue weighted by molar-refractivity contribution is 0.220. The molecule has 0 unspecified atom stereocenters. The number of amides is 2. The van der Waals surface area contributed by atoms with Gasteiger partial charge in [-0.3, -0.25) is 0 Å². The Morgan fingerprint density at radius 3 is 2.92 bits per heavy atom. The van der Waals surface area contributed by atoms with Gasteiger partial charge in [0.15, 0.2) is 0 Å². The third kappa shape index (κ3) is 3.48. The summed E-state index contributed by atoms with van der Waals surface area (Å²) in [5, 5.41) is 8.24. The van der Waals surface area contributed by atoms with Crippen molar-refractivity contribution in [3.8, 4) is 5.69 Å². The Bertz CT molecular complexity index is 879. The second-order valence-corrected chi connectivity index (χ2v) is 7.61. The number of benzene rings is 1. The molecule has 2 aromatic heterocycles. The van der Waals surface area contributed by atoms with Crippen LogP contribution in [0.5, 0.6) is 0 Å². The van der Waals surface area contributed by atoms with E-state index in [2.05, 4.69) is 10.4 Å². The SMILES string of the molecule is CN(Cc1nc2c(s1)CCCC2)C(=O)Nc1ccccc1-n1cccn1. The molecule has 4 rings (SSSR count). The van der Waals surface area contributed by atoms with Crippen molar-refractivity contribution in [2.45, 2.75) is 32.2 Å². The molecule has 3 aromatic rings. The number of para-hydroxylation sites is 2. The van der Waals surface area contributed by atoms with Crippen molar-refractivity contribution < 1.29 is 4.79 Å². The number of hydrogen-bond acceptors (Lipinski definition) is 4. The van der Waals surface area contributed by atoms with Crippen LogP contribution in [0.3, 0.4) is 0 Å². The third-order valence-corrected chi connectivity index (χ3v) is 5.65. The summed E-state index contributed by atoms with van der Waals surface area (Å²) in [6.45, 7) is 0.521. The van der Waals surface area contributed by atoms with E-state index in [9.17, 15) is 4.79 Å². The van der Waals surface area contributed by atoms with Crippen LogP contribution >= 0.6 is 11.3 Å². The topological polar surface area (TPSA) is 63.1 Å². The Kier molecular flexibility index (Phi) is 4.71. The standard InChI is InChI=1S/C19H21N5OS/c1-23(13-18-21-15-8-3-5-10-17(15)26-18)19(25)22-14-7-2-4-9-16(14)24-12-6-11-20-24/h2,4,6-7,9,11-12H,3,5,8,10,13H2,1H3,(H,22,25). The smallest absolute Gasteiger partial charge is 0.321 e. The van der Waals surface area contributed by atoms with Gasteiger partial charge < -0.3 is 10.2 Å². The molecule has 134 valence electrons. The molecule has 0 bridgehead atoms. The fraction of sp³-hybridized carbons (Fsp3) is 0.316. The summed E-state index contributed by atoms with van der Waals surface area (Å²) in [7, 11) is 1.80. The molecule has 0 atom stereocenters. The van der Waals surface area contributed by atoms with Crippen LogP contribution in [-0.4, -0.2) is 32.7 Å². The molecular weight excluding hydrogens is 346 g/mol.